The molecule has 2 aromatic rings. The van der Waals surface area contributed by atoms with Crippen molar-refractivity contribution in [2.75, 3.05) is 5.32 Å². The highest BCUT2D eigenvalue weighted by atomic mass is 35.5. The summed E-state index contributed by atoms with van der Waals surface area (Å²) < 4.78 is 0. The zero-order chi connectivity index (χ0) is 20.0. The number of hydrogen-bond donors (Lipinski definition) is 3. The van der Waals surface area contributed by atoms with Gasteiger partial charge in [-0.3, -0.25) is 4.79 Å². The fraction of sp³-hybridized carbons (Fsp3) is 0.300. The van der Waals surface area contributed by atoms with E-state index in [0.717, 1.165) is 0 Å². The van der Waals surface area contributed by atoms with Gasteiger partial charge < -0.3 is 15.7 Å². The van der Waals surface area contributed by atoms with E-state index in [0.29, 0.717) is 33.4 Å². The topological polar surface area (TPSA) is 78.4 Å². The first kappa shape index (κ1) is 21.1. The van der Waals surface area contributed by atoms with E-state index in [2.05, 4.69) is 10.6 Å². The van der Waals surface area contributed by atoms with Crippen LogP contribution < -0.4 is 10.6 Å². The Morgan fingerprint density at radius 3 is 2.30 bits per heavy atom. The Bertz CT molecular complexity index is 806. The summed E-state index contributed by atoms with van der Waals surface area (Å²) in [5.41, 5.74) is 1.94. The minimum atomic E-state index is -1.04. The van der Waals surface area contributed by atoms with Gasteiger partial charge in [0.05, 0.1) is 22.2 Å². The lowest BCUT2D eigenvalue weighted by atomic mass is 9.99. The Balaban J connectivity index is 2.18. The molecule has 144 valence electrons. The molecular formula is C20H22Cl2N2O3. The number of para-hydroxylation sites is 2. The van der Waals surface area contributed by atoms with Crippen LogP contribution in [-0.4, -0.2) is 23.0 Å². The summed E-state index contributed by atoms with van der Waals surface area (Å²) in [5, 5.41) is 16.0. The second-order valence-corrected chi connectivity index (χ2v) is 7.14. The van der Waals surface area contributed by atoms with Crippen molar-refractivity contribution in [1.29, 1.82) is 0 Å². The second kappa shape index (κ2) is 9.62. The van der Waals surface area contributed by atoms with Crippen molar-refractivity contribution in [3.05, 3.63) is 58.1 Å². The van der Waals surface area contributed by atoms with Gasteiger partial charge in [0.1, 0.15) is 6.04 Å². The lowest BCUT2D eigenvalue weighted by Crippen LogP contribution is -2.45. The normalized spacial score (nSPS) is 12.9. The summed E-state index contributed by atoms with van der Waals surface area (Å²) in [5.74, 6) is -1.56. The Labute approximate surface area is 168 Å². The zero-order valence-electron chi connectivity index (χ0n) is 15.1. The number of carboxylic acids is 1. The Kier molecular flexibility index (Phi) is 7.51. The summed E-state index contributed by atoms with van der Waals surface area (Å²) in [4.78, 5) is 23.8. The molecule has 5 nitrogen and oxygen atoms in total. The van der Waals surface area contributed by atoms with Crippen molar-refractivity contribution >= 4 is 46.5 Å². The second-order valence-electron chi connectivity index (χ2n) is 6.32. The summed E-state index contributed by atoms with van der Waals surface area (Å²) in [7, 11) is 0. The molecule has 2 atom stereocenters. The number of carboxylic acid groups (broad SMARTS) is 1. The van der Waals surface area contributed by atoms with Crippen molar-refractivity contribution in [3.8, 4) is 0 Å². The van der Waals surface area contributed by atoms with Crippen molar-refractivity contribution in [1.82, 2.24) is 5.32 Å². The fourth-order valence-electron chi connectivity index (χ4n) is 2.63. The van der Waals surface area contributed by atoms with Crippen molar-refractivity contribution in [2.24, 2.45) is 5.92 Å². The third-order valence-electron chi connectivity index (χ3n) is 4.39. The van der Waals surface area contributed by atoms with Crippen LogP contribution in [0.15, 0.2) is 42.5 Å². The largest absolute Gasteiger partial charge is 0.480 e. The van der Waals surface area contributed by atoms with Crippen molar-refractivity contribution < 1.29 is 14.7 Å². The first-order valence-electron chi connectivity index (χ1n) is 8.64. The van der Waals surface area contributed by atoms with E-state index in [9.17, 15) is 14.7 Å². The van der Waals surface area contributed by atoms with Crippen LogP contribution >= 0.6 is 23.2 Å². The molecule has 0 fully saturated rings. The predicted octanol–water partition coefficient (Wildman–Crippen LogP) is 4.90. The minimum Gasteiger partial charge on any atom is -0.480 e. The molecule has 2 unspecified atom stereocenters. The average molecular weight is 409 g/mol. The summed E-state index contributed by atoms with van der Waals surface area (Å²) in [6, 6.07) is 11.5. The summed E-state index contributed by atoms with van der Waals surface area (Å²) >= 11 is 12.4. The molecule has 0 aliphatic heterocycles. The monoisotopic (exact) mass is 408 g/mol. The molecule has 27 heavy (non-hydrogen) atoms. The number of benzene rings is 2. The predicted molar refractivity (Wildman–Crippen MR) is 109 cm³/mol. The molecule has 2 aromatic carbocycles. The molecule has 7 heteroatoms. The highest BCUT2D eigenvalue weighted by Crippen LogP contribution is 2.33. The number of anilines is 2. The summed E-state index contributed by atoms with van der Waals surface area (Å²) in [6.07, 6.45) is 0.686. The van der Waals surface area contributed by atoms with Crippen LogP contribution in [0.3, 0.4) is 0 Å². The van der Waals surface area contributed by atoms with Crippen molar-refractivity contribution in [2.45, 2.75) is 32.7 Å². The molecule has 0 saturated carbocycles. The number of rotatable bonds is 8. The van der Waals surface area contributed by atoms with Gasteiger partial charge >= 0.3 is 5.97 Å². The third kappa shape index (κ3) is 5.62. The van der Waals surface area contributed by atoms with Gasteiger partial charge in [0.2, 0.25) is 5.91 Å². The molecule has 0 saturated heterocycles. The maximum absolute atomic E-state index is 12.4. The Hall–Kier alpha value is -2.24. The van der Waals surface area contributed by atoms with Gasteiger partial charge in [0, 0.05) is 5.69 Å². The quantitative estimate of drug-likeness (QED) is 0.580. The van der Waals surface area contributed by atoms with Gasteiger partial charge in [-0.1, -0.05) is 67.7 Å². The van der Waals surface area contributed by atoms with Gasteiger partial charge in [-0.2, -0.15) is 0 Å². The Morgan fingerprint density at radius 2 is 1.70 bits per heavy atom. The van der Waals surface area contributed by atoms with Crippen LogP contribution in [0.25, 0.3) is 0 Å². The van der Waals surface area contributed by atoms with Crippen LogP contribution in [0, 0.1) is 5.92 Å². The molecule has 0 aliphatic carbocycles. The SMILES string of the molecule is CCC(C)C(NC(=O)Cc1ccccc1Nc1c(Cl)cccc1Cl)C(=O)O. The number of amides is 1. The molecule has 3 N–H and O–H groups in total. The van der Waals surface area contributed by atoms with Gasteiger partial charge in [0.15, 0.2) is 0 Å². The Morgan fingerprint density at radius 1 is 1.07 bits per heavy atom. The first-order chi connectivity index (χ1) is 12.8. The molecule has 0 radical (unpaired) electrons. The van der Waals surface area contributed by atoms with Crippen LogP contribution in [0.2, 0.25) is 10.0 Å². The van der Waals surface area contributed by atoms with Gasteiger partial charge in [0.25, 0.3) is 0 Å². The number of carbonyl (C=O) groups excluding carboxylic acids is 1. The standard InChI is InChI=1S/C20H22Cl2N2O3/c1-3-12(2)18(20(26)27)24-17(25)11-13-7-4-5-10-16(13)23-19-14(21)8-6-9-15(19)22/h4-10,12,18,23H,3,11H2,1-2H3,(H,24,25)(H,26,27). The van der Waals surface area contributed by atoms with E-state index < -0.39 is 12.0 Å². The number of aliphatic carboxylic acids is 1. The lowest BCUT2D eigenvalue weighted by Gasteiger charge is -2.20. The van der Waals surface area contributed by atoms with E-state index in [1.165, 1.54) is 0 Å². The van der Waals surface area contributed by atoms with Crippen LogP contribution in [-0.2, 0) is 16.0 Å². The molecule has 0 aromatic heterocycles. The molecule has 2 rings (SSSR count). The van der Waals surface area contributed by atoms with Gasteiger partial charge in [-0.15, -0.1) is 0 Å². The van der Waals surface area contributed by atoms with E-state index in [-0.39, 0.29) is 18.2 Å². The molecular weight excluding hydrogens is 387 g/mol. The number of carbonyl (C=O) groups is 2. The molecule has 1 amide bonds. The van der Waals surface area contributed by atoms with Crippen LogP contribution in [0.4, 0.5) is 11.4 Å². The van der Waals surface area contributed by atoms with E-state index in [1.807, 2.05) is 25.1 Å². The fourth-order valence-corrected chi connectivity index (χ4v) is 3.12. The van der Waals surface area contributed by atoms with E-state index in [4.69, 9.17) is 23.2 Å². The zero-order valence-corrected chi connectivity index (χ0v) is 16.6. The highest BCUT2D eigenvalue weighted by Gasteiger charge is 2.25. The molecule has 0 bridgehead atoms. The minimum absolute atomic E-state index is 0.0332. The van der Waals surface area contributed by atoms with Crippen LogP contribution in [0.5, 0.6) is 0 Å². The maximum Gasteiger partial charge on any atom is 0.326 e. The lowest BCUT2D eigenvalue weighted by molar-refractivity contribution is -0.143. The van der Waals surface area contributed by atoms with E-state index in [1.54, 1.807) is 31.2 Å². The number of nitrogens with one attached hydrogen (secondary N) is 2. The van der Waals surface area contributed by atoms with Crippen LogP contribution in [0.1, 0.15) is 25.8 Å². The van der Waals surface area contributed by atoms with E-state index >= 15 is 0 Å². The molecule has 0 heterocycles. The smallest absolute Gasteiger partial charge is 0.326 e. The van der Waals surface area contributed by atoms with Gasteiger partial charge in [-0.25, -0.2) is 4.79 Å². The highest BCUT2D eigenvalue weighted by molar-refractivity contribution is 6.39. The molecule has 0 aliphatic rings. The third-order valence-corrected chi connectivity index (χ3v) is 5.02. The average Bonchev–Trinajstić information content (AvgIpc) is 2.63. The van der Waals surface area contributed by atoms with Crippen molar-refractivity contribution in [3.63, 3.8) is 0 Å². The molecule has 0 spiro atoms. The van der Waals surface area contributed by atoms with Gasteiger partial charge in [-0.05, 0) is 29.7 Å². The number of hydrogen-bond acceptors (Lipinski definition) is 3. The first-order valence-corrected chi connectivity index (χ1v) is 9.40. The number of halogens is 2. The maximum atomic E-state index is 12.4. The summed E-state index contributed by atoms with van der Waals surface area (Å²) in [6.45, 7) is 3.69.